The molecule has 1 saturated heterocycles. The molecule has 0 radical (unpaired) electrons. The number of piperazine rings is 1. The van der Waals surface area contributed by atoms with Crippen LogP contribution in [0.3, 0.4) is 0 Å². The predicted octanol–water partition coefficient (Wildman–Crippen LogP) is 1.95. The van der Waals surface area contributed by atoms with Gasteiger partial charge in [0.15, 0.2) is 0 Å². The van der Waals surface area contributed by atoms with Gasteiger partial charge in [-0.05, 0) is 25.1 Å². The van der Waals surface area contributed by atoms with Gasteiger partial charge in [0.25, 0.3) is 0 Å². The van der Waals surface area contributed by atoms with Gasteiger partial charge in [-0.2, -0.15) is 0 Å². The van der Waals surface area contributed by atoms with Crippen molar-refractivity contribution in [1.29, 1.82) is 0 Å². The minimum atomic E-state index is -0.111. The van der Waals surface area contributed by atoms with Crippen LogP contribution in [0, 0.1) is 5.82 Å². The molecule has 4 heteroatoms. The molecule has 19 heavy (non-hydrogen) atoms. The van der Waals surface area contributed by atoms with Crippen LogP contribution in [-0.4, -0.2) is 50.7 Å². The van der Waals surface area contributed by atoms with Gasteiger partial charge in [0.05, 0.1) is 5.69 Å². The molecule has 1 aliphatic heterocycles. The van der Waals surface area contributed by atoms with E-state index in [1.165, 1.54) is 12.5 Å². The van der Waals surface area contributed by atoms with E-state index < -0.39 is 0 Å². The van der Waals surface area contributed by atoms with Crippen molar-refractivity contribution >= 4 is 5.69 Å². The molecule has 0 aromatic heterocycles. The summed E-state index contributed by atoms with van der Waals surface area (Å²) in [5.74, 6) is -0.111. The van der Waals surface area contributed by atoms with Gasteiger partial charge in [-0.3, -0.25) is 4.90 Å². The molecule has 0 aliphatic carbocycles. The maximum Gasteiger partial charge on any atom is 0.146 e. The Kier molecular flexibility index (Phi) is 5.61. The quantitative estimate of drug-likeness (QED) is 0.793. The Balaban J connectivity index is 1.75. The lowest BCUT2D eigenvalue weighted by atomic mass is 10.2. The van der Waals surface area contributed by atoms with Crippen molar-refractivity contribution in [2.45, 2.75) is 13.3 Å². The normalized spacial score (nSPS) is 16.8. The van der Waals surface area contributed by atoms with E-state index in [1.54, 1.807) is 6.07 Å². The first-order valence-electron chi connectivity index (χ1n) is 7.24. The molecule has 0 atom stereocenters. The Bertz CT molecular complexity index is 375. The standard InChI is InChI=1S/C15H24FN3/c1-2-7-17-8-9-18-10-12-19(13-11-18)15-6-4-3-5-14(15)16/h3-6,17H,2,7-13H2,1H3. The summed E-state index contributed by atoms with van der Waals surface area (Å²) in [5, 5.41) is 3.42. The Labute approximate surface area is 115 Å². The molecule has 0 saturated carbocycles. The van der Waals surface area contributed by atoms with Gasteiger partial charge in [-0.15, -0.1) is 0 Å². The van der Waals surface area contributed by atoms with Gasteiger partial charge >= 0.3 is 0 Å². The number of nitrogens with one attached hydrogen (secondary N) is 1. The monoisotopic (exact) mass is 265 g/mol. The van der Waals surface area contributed by atoms with Gasteiger partial charge < -0.3 is 10.2 Å². The van der Waals surface area contributed by atoms with Crippen LogP contribution in [0.4, 0.5) is 10.1 Å². The van der Waals surface area contributed by atoms with Crippen LogP contribution < -0.4 is 10.2 Å². The summed E-state index contributed by atoms with van der Waals surface area (Å²) < 4.78 is 13.7. The first-order valence-corrected chi connectivity index (χ1v) is 7.24. The Morgan fingerprint density at radius 3 is 2.53 bits per heavy atom. The zero-order chi connectivity index (χ0) is 13.5. The molecule has 0 bridgehead atoms. The highest BCUT2D eigenvalue weighted by atomic mass is 19.1. The topological polar surface area (TPSA) is 18.5 Å². The number of para-hydroxylation sites is 1. The summed E-state index contributed by atoms with van der Waals surface area (Å²) in [5.41, 5.74) is 0.742. The predicted molar refractivity (Wildman–Crippen MR) is 78.2 cm³/mol. The lowest BCUT2D eigenvalue weighted by Gasteiger charge is -2.36. The van der Waals surface area contributed by atoms with Crippen molar-refractivity contribution in [3.63, 3.8) is 0 Å². The van der Waals surface area contributed by atoms with Crippen LogP contribution in [0.5, 0.6) is 0 Å². The summed E-state index contributed by atoms with van der Waals surface area (Å²) >= 11 is 0. The average Bonchev–Trinajstić information content (AvgIpc) is 2.45. The number of halogens is 1. The number of anilines is 1. The average molecular weight is 265 g/mol. The second-order valence-corrected chi connectivity index (χ2v) is 5.03. The van der Waals surface area contributed by atoms with E-state index in [2.05, 4.69) is 22.0 Å². The lowest BCUT2D eigenvalue weighted by Crippen LogP contribution is -2.48. The minimum Gasteiger partial charge on any atom is -0.367 e. The lowest BCUT2D eigenvalue weighted by molar-refractivity contribution is 0.257. The van der Waals surface area contributed by atoms with Crippen molar-refractivity contribution in [2.75, 3.05) is 50.7 Å². The third-order valence-corrected chi connectivity index (χ3v) is 3.60. The SMILES string of the molecule is CCCNCCN1CCN(c2ccccc2F)CC1. The zero-order valence-electron chi connectivity index (χ0n) is 11.7. The van der Waals surface area contributed by atoms with Gasteiger partial charge in [-0.1, -0.05) is 19.1 Å². The summed E-state index contributed by atoms with van der Waals surface area (Å²) in [6, 6.07) is 7.05. The van der Waals surface area contributed by atoms with Gasteiger partial charge in [0.2, 0.25) is 0 Å². The van der Waals surface area contributed by atoms with E-state index in [0.717, 1.165) is 51.5 Å². The minimum absolute atomic E-state index is 0.111. The third-order valence-electron chi connectivity index (χ3n) is 3.60. The van der Waals surface area contributed by atoms with E-state index in [-0.39, 0.29) is 5.82 Å². The Morgan fingerprint density at radius 2 is 1.84 bits per heavy atom. The highest BCUT2D eigenvalue weighted by Crippen LogP contribution is 2.19. The van der Waals surface area contributed by atoms with Crippen LogP contribution >= 0.6 is 0 Å². The molecule has 1 heterocycles. The highest BCUT2D eigenvalue weighted by molar-refractivity contribution is 5.47. The molecule has 0 unspecified atom stereocenters. The largest absolute Gasteiger partial charge is 0.367 e. The van der Waals surface area contributed by atoms with Gasteiger partial charge in [-0.25, -0.2) is 4.39 Å². The Hall–Kier alpha value is -1.13. The van der Waals surface area contributed by atoms with Crippen LogP contribution in [0.15, 0.2) is 24.3 Å². The molecule has 1 aromatic carbocycles. The second kappa shape index (κ2) is 7.46. The van der Waals surface area contributed by atoms with Crippen LogP contribution in [0.1, 0.15) is 13.3 Å². The van der Waals surface area contributed by atoms with E-state index in [4.69, 9.17) is 0 Å². The van der Waals surface area contributed by atoms with E-state index >= 15 is 0 Å². The number of hydrogen-bond acceptors (Lipinski definition) is 3. The van der Waals surface area contributed by atoms with Gasteiger partial charge in [0.1, 0.15) is 5.82 Å². The molecule has 106 valence electrons. The van der Waals surface area contributed by atoms with Crippen LogP contribution in [0.2, 0.25) is 0 Å². The third kappa shape index (κ3) is 4.18. The molecule has 3 nitrogen and oxygen atoms in total. The molecule has 2 rings (SSSR count). The second-order valence-electron chi connectivity index (χ2n) is 5.03. The smallest absolute Gasteiger partial charge is 0.146 e. The molecule has 0 spiro atoms. The first-order chi connectivity index (χ1) is 9.31. The molecule has 0 amide bonds. The first kappa shape index (κ1) is 14.3. The molecule has 1 N–H and O–H groups in total. The summed E-state index contributed by atoms with van der Waals surface area (Å²) in [6.07, 6.45) is 1.18. The molecule has 1 aromatic rings. The van der Waals surface area contributed by atoms with Crippen molar-refractivity contribution in [3.8, 4) is 0 Å². The molecule has 1 aliphatic rings. The molecular formula is C15H24FN3. The Morgan fingerprint density at radius 1 is 1.11 bits per heavy atom. The zero-order valence-corrected chi connectivity index (χ0v) is 11.7. The van der Waals surface area contributed by atoms with Crippen LogP contribution in [0.25, 0.3) is 0 Å². The summed E-state index contributed by atoms with van der Waals surface area (Å²) in [4.78, 5) is 4.59. The maximum absolute atomic E-state index is 13.7. The highest BCUT2D eigenvalue weighted by Gasteiger charge is 2.18. The molecule has 1 fully saturated rings. The van der Waals surface area contributed by atoms with Crippen molar-refractivity contribution in [2.24, 2.45) is 0 Å². The van der Waals surface area contributed by atoms with E-state index in [1.807, 2.05) is 12.1 Å². The number of nitrogens with zero attached hydrogens (tertiary/aromatic N) is 2. The van der Waals surface area contributed by atoms with Gasteiger partial charge in [0, 0.05) is 39.3 Å². The molecular weight excluding hydrogens is 241 g/mol. The van der Waals surface area contributed by atoms with Crippen molar-refractivity contribution in [3.05, 3.63) is 30.1 Å². The number of hydrogen-bond donors (Lipinski definition) is 1. The summed E-state index contributed by atoms with van der Waals surface area (Å²) in [6.45, 7) is 9.27. The van der Waals surface area contributed by atoms with Crippen molar-refractivity contribution < 1.29 is 4.39 Å². The fourth-order valence-corrected chi connectivity index (χ4v) is 2.46. The fraction of sp³-hybridized carbons (Fsp3) is 0.600. The maximum atomic E-state index is 13.7. The van der Waals surface area contributed by atoms with E-state index in [0.29, 0.717) is 0 Å². The number of benzene rings is 1. The number of rotatable bonds is 6. The van der Waals surface area contributed by atoms with Crippen molar-refractivity contribution in [1.82, 2.24) is 10.2 Å². The van der Waals surface area contributed by atoms with Crippen LogP contribution in [-0.2, 0) is 0 Å². The summed E-state index contributed by atoms with van der Waals surface area (Å²) in [7, 11) is 0. The van der Waals surface area contributed by atoms with E-state index in [9.17, 15) is 4.39 Å². The fourth-order valence-electron chi connectivity index (χ4n) is 2.46.